The maximum Gasteiger partial charge on any atom is 0.333 e. The normalized spacial score (nSPS) is 10.9. The van der Waals surface area contributed by atoms with E-state index in [4.69, 9.17) is 0 Å². The van der Waals surface area contributed by atoms with Gasteiger partial charge in [-0.3, -0.25) is 10.1 Å². The topological polar surface area (TPSA) is 73.0 Å². The van der Waals surface area contributed by atoms with Crippen molar-refractivity contribution in [2.45, 2.75) is 20.3 Å². The van der Waals surface area contributed by atoms with Crippen LogP contribution < -0.4 is 5.32 Å². The Bertz CT molecular complexity index is 409. The fourth-order valence-electron chi connectivity index (χ4n) is 1.50. The number of allylic oxidation sites excluding steroid dienone is 1. The molecule has 1 N–H and O–H groups in total. The number of aryl methyl sites for hydroxylation is 2. The molecular formula is C10H16N4O2. The molecular weight excluding hydrogens is 208 g/mol. The van der Waals surface area contributed by atoms with Crippen molar-refractivity contribution in [1.82, 2.24) is 9.78 Å². The monoisotopic (exact) mass is 224 g/mol. The summed E-state index contributed by atoms with van der Waals surface area (Å²) in [4.78, 5) is 10.4. The Kier molecular flexibility index (Phi) is 4.04. The van der Waals surface area contributed by atoms with Crippen LogP contribution in [0.25, 0.3) is 0 Å². The number of aromatic nitrogens is 2. The van der Waals surface area contributed by atoms with E-state index in [0.717, 1.165) is 6.42 Å². The van der Waals surface area contributed by atoms with Gasteiger partial charge in [0.2, 0.25) is 5.82 Å². The highest BCUT2D eigenvalue weighted by molar-refractivity contribution is 5.59. The molecule has 0 radical (unpaired) electrons. The minimum atomic E-state index is -0.402. The number of nitrogens with zero attached hydrogens (tertiary/aromatic N) is 3. The van der Waals surface area contributed by atoms with E-state index in [9.17, 15) is 10.1 Å². The van der Waals surface area contributed by atoms with Crippen LogP contribution in [-0.4, -0.2) is 21.2 Å². The Labute approximate surface area is 94.1 Å². The minimum absolute atomic E-state index is 0.0583. The molecule has 1 heterocycles. The van der Waals surface area contributed by atoms with Gasteiger partial charge in [-0.2, -0.15) is 5.10 Å². The predicted molar refractivity (Wildman–Crippen MR) is 62.5 cm³/mol. The van der Waals surface area contributed by atoms with E-state index in [1.54, 1.807) is 14.0 Å². The van der Waals surface area contributed by atoms with Gasteiger partial charge in [-0.1, -0.05) is 12.2 Å². The van der Waals surface area contributed by atoms with Crippen molar-refractivity contribution in [3.05, 3.63) is 28.0 Å². The van der Waals surface area contributed by atoms with Gasteiger partial charge in [0.15, 0.2) is 0 Å². The van der Waals surface area contributed by atoms with Gasteiger partial charge in [-0.05, 0) is 20.3 Å². The number of rotatable bonds is 5. The molecule has 0 aromatic carbocycles. The van der Waals surface area contributed by atoms with Crippen molar-refractivity contribution < 1.29 is 4.92 Å². The lowest BCUT2D eigenvalue weighted by atomic mass is 10.3. The first-order valence-corrected chi connectivity index (χ1v) is 5.11. The number of hydrogen-bond acceptors (Lipinski definition) is 4. The highest BCUT2D eigenvalue weighted by Gasteiger charge is 2.23. The summed E-state index contributed by atoms with van der Waals surface area (Å²) in [6.45, 7) is 4.23. The van der Waals surface area contributed by atoms with Gasteiger partial charge in [-0.15, -0.1) is 0 Å². The lowest BCUT2D eigenvalue weighted by Crippen LogP contribution is -2.07. The summed E-state index contributed by atoms with van der Waals surface area (Å²) < 4.78 is 1.50. The van der Waals surface area contributed by atoms with Crippen molar-refractivity contribution in [3.63, 3.8) is 0 Å². The number of hydrogen-bond donors (Lipinski definition) is 1. The molecule has 1 aromatic heterocycles. The van der Waals surface area contributed by atoms with Gasteiger partial charge in [0.25, 0.3) is 0 Å². The SMILES string of the molecule is C/C=C/CCNc1c([N+](=O)[O-])c(C)nn1C. The van der Waals surface area contributed by atoms with Crippen molar-refractivity contribution in [2.24, 2.45) is 7.05 Å². The fourth-order valence-corrected chi connectivity index (χ4v) is 1.50. The Morgan fingerprint density at radius 1 is 1.62 bits per heavy atom. The molecule has 1 rings (SSSR count). The zero-order valence-corrected chi connectivity index (χ0v) is 9.73. The first-order chi connectivity index (χ1) is 7.57. The maximum atomic E-state index is 10.8. The van der Waals surface area contributed by atoms with Crippen LogP contribution in [0, 0.1) is 17.0 Å². The van der Waals surface area contributed by atoms with E-state index >= 15 is 0 Å². The molecule has 0 saturated carbocycles. The highest BCUT2D eigenvalue weighted by Crippen LogP contribution is 2.26. The van der Waals surface area contributed by atoms with E-state index in [2.05, 4.69) is 10.4 Å². The van der Waals surface area contributed by atoms with Gasteiger partial charge in [0, 0.05) is 13.6 Å². The Balaban J connectivity index is 2.81. The summed E-state index contributed by atoms with van der Waals surface area (Å²) in [6, 6.07) is 0. The molecule has 0 amide bonds. The van der Waals surface area contributed by atoms with E-state index < -0.39 is 4.92 Å². The van der Waals surface area contributed by atoms with Crippen LogP contribution in [0.15, 0.2) is 12.2 Å². The summed E-state index contributed by atoms with van der Waals surface area (Å²) >= 11 is 0. The van der Waals surface area contributed by atoms with Crippen LogP contribution in [0.5, 0.6) is 0 Å². The number of anilines is 1. The van der Waals surface area contributed by atoms with Gasteiger partial charge < -0.3 is 5.32 Å². The van der Waals surface area contributed by atoms with Crippen LogP contribution in [0.3, 0.4) is 0 Å². The maximum absolute atomic E-state index is 10.8. The lowest BCUT2D eigenvalue weighted by molar-refractivity contribution is -0.384. The largest absolute Gasteiger partial charge is 0.364 e. The average molecular weight is 224 g/mol. The molecule has 0 saturated heterocycles. The van der Waals surface area contributed by atoms with Crippen LogP contribution in [0.1, 0.15) is 19.0 Å². The van der Waals surface area contributed by atoms with E-state index in [1.807, 2.05) is 19.1 Å². The van der Waals surface area contributed by atoms with Crippen LogP contribution >= 0.6 is 0 Å². The summed E-state index contributed by atoms with van der Waals surface area (Å²) in [5.74, 6) is 0.465. The van der Waals surface area contributed by atoms with Gasteiger partial charge >= 0.3 is 5.69 Å². The molecule has 6 nitrogen and oxygen atoms in total. The molecule has 0 unspecified atom stereocenters. The van der Waals surface area contributed by atoms with Gasteiger partial charge in [0.1, 0.15) is 5.69 Å². The molecule has 16 heavy (non-hydrogen) atoms. The standard InChI is InChI=1S/C10H16N4O2/c1-4-5-6-7-11-10-9(14(15)16)8(2)12-13(10)3/h4-5,11H,6-7H2,1-3H3/b5-4+. The minimum Gasteiger partial charge on any atom is -0.364 e. The molecule has 0 aliphatic rings. The van der Waals surface area contributed by atoms with Gasteiger partial charge in [-0.25, -0.2) is 4.68 Å². The number of nitrogens with one attached hydrogen (secondary N) is 1. The van der Waals surface area contributed by atoms with Crippen molar-refractivity contribution in [1.29, 1.82) is 0 Å². The highest BCUT2D eigenvalue weighted by atomic mass is 16.6. The van der Waals surface area contributed by atoms with E-state index in [0.29, 0.717) is 18.1 Å². The summed E-state index contributed by atoms with van der Waals surface area (Å²) in [6.07, 6.45) is 4.78. The zero-order chi connectivity index (χ0) is 12.1. The predicted octanol–water partition coefficient (Wildman–Crippen LogP) is 2.01. The first kappa shape index (κ1) is 12.2. The Morgan fingerprint density at radius 3 is 2.88 bits per heavy atom. The summed E-state index contributed by atoms with van der Waals surface area (Å²) in [5, 5.41) is 17.9. The van der Waals surface area contributed by atoms with Crippen molar-refractivity contribution >= 4 is 11.5 Å². The molecule has 6 heteroatoms. The second-order valence-electron chi connectivity index (χ2n) is 3.45. The molecule has 0 atom stereocenters. The second-order valence-corrected chi connectivity index (χ2v) is 3.45. The number of nitro groups is 1. The third-order valence-corrected chi connectivity index (χ3v) is 2.21. The average Bonchev–Trinajstić information content (AvgIpc) is 2.48. The quantitative estimate of drug-likeness (QED) is 0.359. The molecule has 1 aromatic rings. The fraction of sp³-hybridized carbons (Fsp3) is 0.500. The summed E-state index contributed by atoms with van der Waals surface area (Å²) in [7, 11) is 1.69. The molecule has 0 spiro atoms. The first-order valence-electron chi connectivity index (χ1n) is 5.11. The Hall–Kier alpha value is -1.85. The molecule has 0 bridgehead atoms. The Morgan fingerprint density at radius 2 is 2.31 bits per heavy atom. The third kappa shape index (κ3) is 2.59. The molecule has 0 aliphatic heterocycles. The van der Waals surface area contributed by atoms with Crippen LogP contribution in [0.4, 0.5) is 11.5 Å². The lowest BCUT2D eigenvalue weighted by Gasteiger charge is -2.03. The summed E-state index contributed by atoms with van der Waals surface area (Å²) in [5.41, 5.74) is 0.490. The van der Waals surface area contributed by atoms with Crippen molar-refractivity contribution in [3.8, 4) is 0 Å². The smallest absolute Gasteiger partial charge is 0.333 e. The molecule has 0 aliphatic carbocycles. The van der Waals surface area contributed by atoms with Crippen LogP contribution in [-0.2, 0) is 7.05 Å². The third-order valence-electron chi connectivity index (χ3n) is 2.21. The molecule has 0 fully saturated rings. The van der Waals surface area contributed by atoms with Crippen molar-refractivity contribution in [2.75, 3.05) is 11.9 Å². The van der Waals surface area contributed by atoms with Crippen LogP contribution in [0.2, 0.25) is 0 Å². The van der Waals surface area contributed by atoms with E-state index in [1.165, 1.54) is 4.68 Å². The zero-order valence-electron chi connectivity index (χ0n) is 9.73. The van der Waals surface area contributed by atoms with Gasteiger partial charge in [0.05, 0.1) is 4.92 Å². The van der Waals surface area contributed by atoms with E-state index in [-0.39, 0.29) is 5.69 Å². The molecule has 88 valence electrons. The second kappa shape index (κ2) is 5.29.